The third-order valence-electron chi connectivity index (χ3n) is 4.05. The summed E-state index contributed by atoms with van der Waals surface area (Å²) in [5.74, 6) is -0.00928. The van der Waals surface area contributed by atoms with Crippen molar-refractivity contribution in [3.63, 3.8) is 0 Å². The molecule has 0 heterocycles. The summed E-state index contributed by atoms with van der Waals surface area (Å²) in [5, 5.41) is 8.83. The maximum absolute atomic E-state index is 10.7. The van der Waals surface area contributed by atoms with E-state index in [4.69, 9.17) is 15.6 Å². The minimum atomic E-state index is -0.804. The Hall–Kier alpha value is -1.55. The Morgan fingerprint density at radius 2 is 2.10 bits per heavy atom. The van der Waals surface area contributed by atoms with Crippen LogP contribution in [0.3, 0.4) is 0 Å². The Bertz CT molecular complexity index is 485. The largest absolute Gasteiger partial charge is 0.496 e. The molecule has 0 spiro atoms. The average molecular weight is 277 g/mol. The average Bonchev–Trinajstić information content (AvgIpc) is 2.68. The van der Waals surface area contributed by atoms with E-state index in [0.717, 1.165) is 24.2 Å². The van der Waals surface area contributed by atoms with Crippen LogP contribution in [0.1, 0.15) is 54.8 Å². The van der Waals surface area contributed by atoms with Gasteiger partial charge in [-0.05, 0) is 49.3 Å². The number of carbonyl (C=O) groups is 1. The van der Waals surface area contributed by atoms with E-state index in [1.54, 1.807) is 7.11 Å². The number of nitrogens with two attached hydrogens (primary N) is 1. The number of aryl methyl sites for hydroxylation is 1. The van der Waals surface area contributed by atoms with Gasteiger partial charge in [-0.25, -0.2) is 0 Å². The fourth-order valence-electron chi connectivity index (χ4n) is 3.02. The van der Waals surface area contributed by atoms with Crippen LogP contribution in [0.15, 0.2) is 12.1 Å². The predicted molar refractivity (Wildman–Crippen MR) is 78.1 cm³/mol. The van der Waals surface area contributed by atoms with Crippen molar-refractivity contribution >= 4 is 5.97 Å². The molecule has 20 heavy (non-hydrogen) atoms. The highest BCUT2D eigenvalue weighted by Gasteiger charge is 2.21. The van der Waals surface area contributed by atoms with Gasteiger partial charge >= 0.3 is 5.97 Å². The highest BCUT2D eigenvalue weighted by Crippen LogP contribution is 2.35. The number of rotatable bonds is 5. The predicted octanol–water partition coefficient (Wildman–Crippen LogP) is 2.83. The Kier molecular flexibility index (Phi) is 5.01. The first-order valence-electron chi connectivity index (χ1n) is 7.29. The molecule has 4 nitrogen and oxygen atoms in total. The molecule has 0 aliphatic heterocycles. The number of aliphatic carboxylic acids is 1. The lowest BCUT2D eigenvalue weighted by Crippen LogP contribution is -2.16. The monoisotopic (exact) mass is 277 g/mol. The van der Waals surface area contributed by atoms with Crippen LogP contribution in [0.2, 0.25) is 0 Å². The quantitative estimate of drug-likeness (QED) is 0.812. The van der Waals surface area contributed by atoms with Gasteiger partial charge < -0.3 is 15.6 Å². The highest BCUT2D eigenvalue weighted by molar-refractivity contribution is 5.66. The molecule has 0 aromatic heterocycles. The molecule has 1 aromatic rings. The summed E-state index contributed by atoms with van der Waals surface area (Å²) >= 11 is 0. The Morgan fingerprint density at radius 3 is 2.80 bits per heavy atom. The van der Waals surface area contributed by atoms with Gasteiger partial charge in [-0.2, -0.15) is 0 Å². The molecule has 3 N–H and O–H groups in total. The van der Waals surface area contributed by atoms with E-state index in [-0.39, 0.29) is 12.5 Å². The lowest BCUT2D eigenvalue weighted by Gasteiger charge is -2.21. The molecule has 1 unspecified atom stereocenters. The van der Waals surface area contributed by atoms with Gasteiger partial charge in [0.05, 0.1) is 7.11 Å². The third-order valence-corrected chi connectivity index (χ3v) is 4.05. The normalized spacial score (nSPS) is 16.1. The molecule has 1 atom stereocenters. The zero-order chi connectivity index (χ0) is 14.5. The topological polar surface area (TPSA) is 72.5 Å². The first-order valence-corrected chi connectivity index (χ1v) is 7.29. The molecule has 0 bridgehead atoms. The lowest BCUT2D eigenvalue weighted by atomic mass is 9.90. The number of carboxylic acid groups (broad SMARTS) is 1. The fraction of sp³-hybridized carbons (Fsp3) is 0.562. The van der Waals surface area contributed by atoms with E-state index in [1.807, 2.05) is 6.07 Å². The van der Waals surface area contributed by atoms with Crippen LogP contribution < -0.4 is 10.5 Å². The van der Waals surface area contributed by atoms with Gasteiger partial charge in [-0.1, -0.05) is 12.5 Å². The van der Waals surface area contributed by atoms with E-state index < -0.39 is 5.97 Å². The number of hydrogen-bond acceptors (Lipinski definition) is 3. The number of carboxylic acids is 1. The third kappa shape index (κ3) is 3.31. The number of ether oxygens (including phenoxy) is 1. The van der Waals surface area contributed by atoms with Crippen LogP contribution in [0.4, 0.5) is 0 Å². The Labute approximate surface area is 119 Å². The molecule has 0 fully saturated rings. The van der Waals surface area contributed by atoms with Crippen LogP contribution in [-0.2, 0) is 17.6 Å². The Balaban J connectivity index is 2.34. The standard InChI is InChI=1S/C16H23NO3/c1-20-14-9-7-11-5-3-2-4-6-12(11)16(14)13(17)8-10-15(18)19/h7,9,13H,2-6,8,10,17H2,1H3,(H,18,19). The zero-order valence-corrected chi connectivity index (χ0v) is 12.0. The number of methoxy groups -OCH3 is 1. The second-order valence-electron chi connectivity index (χ2n) is 5.42. The van der Waals surface area contributed by atoms with Crippen LogP contribution in [0.5, 0.6) is 5.75 Å². The summed E-state index contributed by atoms with van der Waals surface area (Å²) in [4.78, 5) is 10.7. The van der Waals surface area contributed by atoms with Crippen molar-refractivity contribution in [3.05, 3.63) is 28.8 Å². The molecule has 0 radical (unpaired) electrons. The molecule has 0 saturated heterocycles. The second kappa shape index (κ2) is 6.75. The van der Waals surface area contributed by atoms with Crippen LogP contribution in [0.25, 0.3) is 0 Å². The van der Waals surface area contributed by atoms with Crippen molar-refractivity contribution in [2.45, 2.75) is 51.0 Å². The summed E-state index contributed by atoms with van der Waals surface area (Å²) in [6.45, 7) is 0. The summed E-state index contributed by atoms with van der Waals surface area (Å²) in [6, 6.07) is 3.83. The number of benzene rings is 1. The van der Waals surface area contributed by atoms with Crippen LogP contribution >= 0.6 is 0 Å². The van der Waals surface area contributed by atoms with Crippen molar-refractivity contribution in [1.29, 1.82) is 0 Å². The Morgan fingerprint density at radius 1 is 1.35 bits per heavy atom. The van der Waals surface area contributed by atoms with Crippen molar-refractivity contribution < 1.29 is 14.6 Å². The first kappa shape index (κ1) is 14.9. The van der Waals surface area contributed by atoms with E-state index in [0.29, 0.717) is 6.42 Å². The van der Waals surface area contributed by atoms with E-state index >= 15 is 0 Å². The van der Waals surface area contributed by atoms with Gasteiger partial charge in [0.2, 0.25) is 0 Å². The molecule has 2 rings (SSSR count). The molecular formula is C16H23NO3. The smallest absolute Gasteiger partial charge is 0.303 e. The summed E-state index contributed by atoms with van der Waals surface area (Å²) in [6.07, 6.45) is 6.25. The van der Waals surface area contributed by atoms with Crippen LogP contribution in [-0.4, -0.2) is 18.2 Å². The van der Waals surface area contributed by atoms with E-state index in [9.17, 15) is 4.79 Å². The maximum atomic E-state index is 10.7. The maximum Gasteiger partial charge on any atom is 0.303 e. The van der Waals surface area contributed by atoms with Gasteiger partial charge in [-0.15, -0.1) is 0 Å². The van der Waals surface area contributed by atoms with Crippen LogP contribution in [0, 0.1) is 0 Å². The molecule has 110 valence electrons. The number of hydrogen-bond donors (Lipinski definition) is 2. The summed E-state index contributed by atoms with van der Waals surface area (Å²) < 4.78 is 5.45. The van der Waals surface area contributed by atoms with Gasteiger partial charge in [-0.3, -0.25) is 4.79 Å². The molecule has 1 aliphatic rings. The molecular weight excluding hydrogens is 254 g/mol. The minimum absolute atomic E-state index is 0.0913. The van der Waals surface area contributed by atoms with Crippen molar-refractivity contribution in [2.75, 3.05) is 7.11 Å². The van der Waals surface area contributed by atoms with Crippen molar-refractivity contribution in [3.8, 4) is 5.75 Å². The number of fused-ring (bicyclic) bond motifs is 1. The SMILES string of the molecule is COc1ccc2c(c1C(N)CCC(=O)O)CCCCC2. The molecule has 4 heteroatoms. The summed E-state index contributed by atoms with van der Waals surface area (Å²) in [5.41, 5.74) is 9.92. The van der Waals surface area contributed by atoms with E-state index in [2.05, 4.69) is 6.07 Å². The van der Waals surface area contributed by atoms with Gasteiger partial charge in [0.25, 0.3) is 0 Å². The van der Waals surface area contributed by atoms with E-state index in [1.165, 1.54) is 30.4 Å². The van der Waals surface area contributed by atoms with Crippen molar-refractivity contribution in [1.82, 2.24) is 0 Å². The zero-order valence-electron chi connectivity index (χ0n) is 12.0. The van der Waals surface area contributed by atoms with Crippen molar-refractivity contribution in [2.24, 2.45) is 5.73 Å². The molecule has 1 aromatic carbocycles. The highest BCUT2D eigenvalue weighted by atomic mass is 16.5. The first-order chi connectivity index (χ1) is 9.63. The molecule has 0 amide bonds. The second-order valence-corrected chi connectivity index (χ2v) is 5.42. The van der Waals surface area contributed by atoms with Gasteiger partial charge in [0.1, 0.15) is 5.75 Å². The van der Waals surface area contributed by atoms with Gasteiger partial charge in [0.15, 0.2) is 0 Å². The van der Waals surface area contributed by atoms with Gasteiger partial charge in [0, 0.05) is 18.0 Å². The molecule has 0 saturated carbocycles. The summed E-state index contributed by atoms with van der Waals surface area (Å²) in [7, 11) is 1.64. The minimum Gasteiger partial charge on any atom is -0.496 e. The fourth-order valence-corrected chi connectivity index (χ4v) is 3.02. The molecule has 1 aliphatic carbocycles. The lowest BCUT2D eigenvalue weighted by molar-refractivity contribution is -0.137.